The lowest BCUT2D eigenvalue weighted by Gasteiger charge is -2.15. The molecular weight excluding hydrogens is 375 g/mol. The van der Waals surface area contributed by atoms with Crippen molar-refractivity contribution in [2.75, 3.05) is 19.5 Å². The van der Waals surface area contributed by atoms with E-state index >= 15 is 0 Å². The molecular formula is C18H17FN2O7. The van der Waals surface area contributed by atoms with Gasteiger partial charge in [0.05, 0.1) is 25.2 Å². The number of nitro benzene ring substituents is 1. The highest BCUT2D eigenvalue weighted by molar-refractivity contribution is 5.99. The molecule has 0 aliphatic heterocycles. The van der Waals surface area contributed by atoms with Gasteiger partial charge in [0.2, 0.25) is 0 Å². The maximum absolute atomic E-state index is 13.2. The van der Waals surface area contributed by atoms with Crippen molar-refractivity contribution in [3.8, 4) is 11.5 Å². The SMILES string of the molecule is COc1cc(C(=O)O[C@@H](C)C(=O)Nc2cccc(F)c2)c([N+](=O)[O-])cc1OC. The van der Waals surface area contributed by atoms with Crippen LogP contribution in [0.15, 0.2) is 36.4 Å². The van der Waals surface area contributed by atoms with Gasteiger partial charge in [0.1, 0.15) is 11.4 Å². The molecule has 0 saturated carbocycles. The molecule has 0 spiro atoms. The first-order valence-electron chi connectivity index (χ1n) is 7.94. The molecule has 1 N–H and O–H groups in total. The smallest absolute Gasteiger partial charge is 0.346 e. The highest BCUT2D eigenvalue weighted by atomic mass is 19.1. The Morgan fingerprint density at radius 3 is 2.36 bits per heavy atom. The van der Waals surface area contributed by atoms with Gasteiger partial charge in [0.15, 0.2) is 17.6 Å². The molecule has 0 unspecified atom stereocenters. The van der Waals surface area contributed by atoms with Gasteiger partial charge in [-0.25, -0.2) is 9.18 Å². The Kier molecular flexibility index (Phi) is 6.48. The average molecular weight is 392 g/mol. The first-order valence-corrected chi connectivity index (χ1v) is 7.94. The normalized spacial score (nSPS) is 11.3. The van der Waals surface area contributed by atoms with Gasteiger partial charge in [-0.15, -0.1) is 0 Å². The lowest BCUT2D eigenvalue weighted by Crippen LogP contribution is -2.30. The third-order valence-corrected chi connectivity index (χ3v) is 3.66. The molecule has 2 aromatic carbocycles. The number of halogens is 1. The highest BCUT2D eigenvalue weighted by Gasteiger charge is 2.28. The second-order valence-corrected chi connectivity index (χ2v) is 5.53. The van der Waals surface area contributed by atoms with Crippen molar-refractivity contribution >= 4 is 23.3 Å². The van der Waals surface area contributed by atoms with E-state index in [2.05, 4.69) is 5.32 Å². The van der Waals surface area contributed by atoms with Crippen LogP contribution < -0.4 is 14.8 Å². The summed E-state index contributed by atoms with van der Waals surface area (Å²) in [5.74, 6) is -2.25. The van der Waals surface area contributed by atoms with Gasteiger partial charge in [-0.3, -0.25) is 14.9 Å². The summed E-state index contributed by atoms with van der Waals surface area (Å²) in [5.41, 5.74) is -0.807. The van der Waals surface area contributed by atoms with Crippen molar-refractivity contribution in [1.29, 1.82) is 0 Å². The average Bonchev–Trinajstić information content (AvgIpc) is 2.66. The monoisotopic (exact) mass is 392 g/mol. The molecule has 148 valence electrons. The van der Waals surface area contributed by atoms with Crippen molar-refractivity contribution in [3.05, 3.63) is 57.9 Å². The van der Waals surface area contributed by atoms with E-state index in [1.54, 1.807) is 0 Å². The molecule has 0 radical (unpaired) electrons. The van der Waals surface area contributed by atoms with Gasteiger partial charge in [-0.2, -0.15) is 0 Å². The number of methoxy groups -OCH3 is 2. The molecule has 0 aliphatic rings. The van der Waals surface area contributed by atoms with Gasteiger partial charge in [-0.1, -0.05) is 6.07 Å². The number of nitrogens with zero attached hydrogens (tertiary/aromatic N) is 1. The lowest BCUT2D eigenvalue weighted by atomic mass is 10.1. The van der Waals surface area contributed by atoms with E-state index in [1.807, 2.05) is 0 Å². The molecule has 0 saturated heterocycles. The number of esters is 1. The summed E-state index contributed by atoms with van der Waals surface area (Å²) < 4.78 is 28.2. The predicted molar refractivity (Wildman–Crippen MR) is 96.1 cm³/mol. The first kappa shape index (κ1) is 20.6. The number of ether oxygens (including phenoxy) is 3. The molecule has 0 fully saturated rings. The summed E-state index contributed by atoms with van der Waals surface area (Å²) in [6.45, 7) is 1.28. The molecule has 0 aliphatic carbocycles. The number of carbonyl (C=O) groups excluding carboxylic acids is 2. The predicted octanol–water partition coefficient (Wildman–Crippen LogP) is 2.94. The number of carbonyl (C=O) groups is 2. The lowest BCUT2D eigenvalue weighted by molar-refractivity contribution is -0.385. The van der Waals surface area contributed by atoms with Crippen molar-refractivity contribution in [2.45, 2.75) is 13.0 Å². The quantitative estimate of drug-likeness (QED) is 0.437. The number of nitrogens with one attached hydrogen (secondary N) is 1. The zero-order valence-corrected chi connectivity index (χ0v) is 15.2. The number of nitro groups is 1. The van der Waals surface area contributed by atoms with Crippen LogP contribution in [-0.2, 0) is 9.53 Å². The topological polar surface area (TPSA) is 117 Å². The third-order valence-electron chi connectivity index (χ3n) is 3.66. The van der Waals surface area contributed by atoms with Crippen LogP contribution in [0.4, 0.5) is 15.8 Å². The van der Waals surface area contributed by atoms with Crippen LogP contribution in [0.25, 0.3) is 0 Å². The van der Waals surface area contributed by atoms with Gasteiger partial charge in [0, 0.05) is 11.8 Å². The van der Waals surface area contributed by atoms with Crippen molar-refractivity contribution < 1.29 is 33.1 Å². The Labute approximate surface area is 159 Å². The summed E-state index contributed by atoms with van der Waals surface area (Å²) in [7, 11) is 2.59. The van der Waals surface area contributed by atoms with E-state index in [0.717, 1.165) is 18.2 Å². The van der Waals surface area contributed by atoms with E-state index in [-0.39, 0.29) is 17.2 Å². The Morgan fingerprint density at radius 1 is 1.14 bits per heavy atom. The molecule has 1 atom stereocenters. The number of amides is 1. The minimum absolute atomic E-state index is 0.0580. The van der Waals surface area contributed by atoms with Gasteiger partial charge in [-0.05, 0) is 25.1 Å². The van der Waals surface area contributed by atoms with Crippen LogP contribution in [0, 0.1) is 15.9 Å². The fourth-order valence-corrected chi connectivity index (χ4v) is 2.27. The largest absolute Gasteiger partial charge is 0.493 e. The maximum Gasteiger partial charge on any atom is 0.346 e. The van der Waals surface area contributed by atoms with Crippen LogP contribution in [-0.4, -0.2) is 37.1 Å². The molecule has 0 bridgehead atoms. The van der Waals surface area contributed by atoms with Crippen LogP contribution in [0.3, 0.4) is 0 Å². The molecule has 2 rings (SSSR count). The zero-order valence-electron chi connectivity index (χ0n) is 15.2. The van der Waals surface area contributed by atoms with Gasteiger partial charge in [0.25, 0.3) is 11.6 Å². The van der Waals surface area contributed by atoms with Gasteiger partial charge >= 0.3 is 5.97 Å². The standard InChI is InChI=1S/C18H17FN2O7/c1-10(17(22)20-12-6-4-5-11(19)7-12)28-18(23)13-8-15(26-2)16(27-3)9-14(13)21(24)25/h4-10H,1-3H3,(H,20,22)/t10-/m0/s1. The Balaban J connectivity index is 2.21. The van der Waals surface area contributed by atoms with Gasteiger partial charge < -0.3 is 19.5 Å². The molecule has 0 aromatic heterocycles. The third kappa shape index (κ3) is 4.72. The fraction of sp³-hybridized carbons (Fsp3) is 0.222. The highest BCUT2D eigenvalue weighted by Crippen LogP contribution is 2.35. The number of hydrogen-bond donors (Lipinski definition) is 1. The Hall–Kier alpha value is -3.69. The fourth-order valence-electron chi connectivity index (χ4n) is 2.27. The van der Waals surface area contributed by atoms with E-state index in [9.17, 15) is 24.1 Å². The minimum Gasteiger partial charge on any atom is -0.493 e. The van der Waals surface area contributed by atoms with E-state index in [0.29, 0.717) is 0 Å². The van der Waals surface area contributed by atoms with Crippen LogP contribution in [0.1, 0.15) is 17.3 Å². The summed E-state index contributed by atoms with van der Waals surface area (Å²) in [5, 5.41) is 13.7. The minimum atomic E-state index is -1.30. The number of anilines is 1. The van der Waals surface area contributed by atoms with Crippen LogP contribution in [0.2, 0.25) is 0 Å². The second-order valence-electron chi connectivity index (χ2n) is 5.53. The summed E-state index contributed by atoms with van der Waals surface area (Å²) >= 11 is 0. The molecule has 1 amide bonds. The maximum atomic E-state index is 13.2. The van der Waals surface area contributed by atoms with Crippen LogP contribution >= 0.6 is 0 Å². The first-order chi connectivity index (χ1) is 13.3. The molecule has 2 aromatic rings. The molecule has 10 heteroatoms. The van der Waals surface area contributed by atoms with E-state index in [4.69, 9.17) is 14.2 Å². The zero-order chi connectivity index (χ0) is 20.8. The van der Waals surface area contributed by atoms with Crippen LogP contribution in [0.5, 0.6) is 11.5 Å². The molecule has 28 heavy (non-hydrogen) atoms. The van der Waals surface area contributed by atoms with Crippen molar-refractivity contribution in [3.63, 3.8) is 0 Å². The number of rotatable bonds is 7. The summed E-state index contributed by atoms with van der Waals surface area (Å²) in [6.07, 6.45) is -1.30. The molecule has 9 nitrogen and oxygen atoms in total. The van der Waals surface area contributed by atoms with Crippen molar-refractivity contribution in [2.24, 2.45) is 0 Å². The summed E-state index contributed by atoms with van der Waals surface area (Å²) in [6, 6.07) is 7.26. The van der Waals surface area contributed by atoms with E-state index in [1.165, 1.54) is 39.3 Å². The van der Waals surface area contributed by atoms with Crippen molar-refractivity contribution in [1.82, 2.24) is 0 Å². The Bertz CT molecular complexity index is 917. The molecule has 0 heterocycles. The Morgan fingerprint density at radius 2 is 1.79 bits per heavy atom. The summed E-state index contributed by atoms with van der Waals surface area (Å²) in [4.78, 5) is 35.0. The second kappa shape index (κ2) is 8.80. The van der Waals surface area contributed by atoms with E-state index < -0.39 is 40.0 Å². The number of benzene rings is 2. The number of hydrogen-bond acceptors (Lipinski definition) is 7.